The van der Waals surface area contributed by atoms with Crippen LogP contribution in [0.5, 0.6) is 0 Å². The first-order valence-electron chi connectivity index (χ1n) is 5.55. The summed E-state index contributed by atoms with van der Waals surface area (Å²) in [7, 11) is 0. The van der Waals surface area contributed by atoms with E-state index in [-0.39, 0.29) is 5.78 Å². The molecule has 1 aliphatic heterocycles. The second-order valence-corrected chi connectivity index (χ2v) is 4.26. The van der Waals surface area contributed by atoms with E-state index in [1.807, 2.05) is 13.1 Å². The first-order chi connectivity index (χ1) is 7.64. The lowest BCUT2D eigenvalue weighted by Crippen LogP contribution is -2.49. The minimum absolute atomic E-state index is 0.0423. The molecule has 1 aromatic heterocycles. The van der Waals surface area contributed by atoms with Gasteiger partial charge in [0.05, 0.1) is 12.8 Å². The Labute approximate surface area is 94.6 Å². The van der Waals surface area contributed by atoms with E-state index < -0.39 is 5.54 Å². The second-order valence-electron chi connectivity index (χ2n) is 4.26. The van der Waals surface area contributed by atoms with E-state index in [2.05, 4.69) is 5.10 Å². The largest absolute Gasteiger partial charge is 0.379 e. The molecule has 2 rings (SSSR count). The molecule has 88 valence electrons. The molecule has 1 unspecified atom stereocenters. The molecule has 5 nitrogen and oxygen atoms in total. The molecule has 1 fully saturated rings. The Morgan fingerprint density at radius 1 is 1.75 bits per heavy atom. The number of hydrogen-bond acceptors (Lipinski definition) is 4. The topological polar surface area (TPSA) is 70.1 Å². The Hall–Kier alpha value is -1.20. The van der Waals surface area contributed by atoms with Gasteiger partial charge in [0.25, 0.3) is 0 Å². The predicted molar refractivity (Wildman–Crippen MR) is 59.0 cm³/mol. The average molecular weight is 223 g/mol. The third-order valence-electron chi connectivity index (χ3n) is 2.98. The van der Waals surface area contributed by atoms with Crippen LogP contribution in [0.25, 0.3) is 0 Å². The molecule has 0 radical (unpaired) electrons. The molecule has 0 amide bonds. The summed E-state index contributed by atoms with van der Waals surface area (Å²) in [6.07, 6.45) is 4.57. The van der Waals surface area contributed by atoms with Gasteiger partial charge in [-0.05, 0) is 18.9 Å². The Kier molecular flexibility index (Phi) is 3.07. The van der Waals surface area contributed by atoms with Gasteiger partial charge < -0.3 is 10.5 Å². The van der Waals surface area contributed by atoms with E-state index in [0.717, 1.165) is 12.1 Å². The highest BCUT2D eigenvalue weighted by atomic mass is 16.5. The van der Waals surface area contributed by atoms with E-state index in [0.29, 0.717) is 26.1 Å². The van der Waals surface area contributed by atoms with Gasteiger partial charge in [0.1, 0.15) is 5.54 Å². The van der Waals surface area contributed by atoms with Gasteiger partial charge in [-0.15, -0.1) is 0 Å². The molecule has 1 atom stereocenters. The lowest BCUT2D eigenvalue weighted by molar-refractivity contribution is -0.123. The number of Topliss-reactive ketones (excluding diaryl/α,β-unsaturated/α-hetero) is 1. The van der Waals surface area contributed by atoms with Crippen molar-refractivity contribution in [1.82, 2.24) is 9.78 Å². The summed E-state index contributed by atoms with van der Waals surface area (Å²) in [5.74, 6) is 0.0423. The maximum Gasteiger partial charge on any atom is 0.159 e. The van der Waals surface area contributed by atoms with Crippen molar-refractivity contribution >= 4 is 5.78 Å². The van der Waals surface area contributed by atoms with Gasteiger partial charge in [0, 0.05) is 25.8 Å². The van der Waals surface area contributed by atoms with Gasteiger partial charge in [-0.2, -0.15) is 5.10 Å². The number of nitrogens with zero attached hydrogens (tertiary/aromatic N) is 2. The number of rotatable bonds is 4. The van der Waals surface area contributed by atoms with Gasteiger partial charge in [0.15, 0.2) is 5.78 Å². The number of aromatic nitrogens is 2. The quantitative estimate of drug-likeness (QED) is 0.787. The van der Waals surface area contributed by atoms with Crippen molar-refractivity contribution in [3.63, 3.8) is 0 Å². The normalized spacial score (nSPS) is 24.9. The van der Waals surface area contributed by atoms with Crippen LogP contribution in [0.15, 0.2) is 12.4 Å². The molecule has 0 bridgehead atoms. The van der Waals surface area contributed by atoms with E-state index in [1.54, 1.807) is 10.9 Å². The Morgan fingerprint density at radius 3 is 3.12 bits per heavy atom. The van der Waals surface area contributed by atoms with Crippen molar-refractivity contribution < 1.29 is 9.53 Å². The number of hydrogen-bond donors (Lipinski definition) is 1. The fourth-order valence-electron chi connectivity index (χ4n) is 1.83. The van der Waals surface area contributed by atoms with E-state index >= 15 is 0 Å². The standard InChI is InChI=1S/C11H17N3O2/c1-2-14-7-9(6-13-14)5-10(15)11(12)3-4-16-8-11/h6-7H,2-5,8,12H2,1H3. The minimum atomic E-state index is -0.783. The van der Waals surface area contributed by atoms with Gasteiger partial charge in [-0.1, -0.05) is 0 Å². The van der Waals surface area contributed by atoms with E-state index in [9.17, 15) is 4.79 Å². The van der Waals surface area contributed by atoms with Crippen LogP contribution in [-0.4, -0.2) is 34.3 Å². The summed E-state index contributed by atoms with van der Waals surface area (Å²) >= 11 is 0. The van der Waals surface area contributed by atoms with E-state index in [4.69, 9.17) is 10.5 Å². The van der Waals surface area contributed by atoms with Gasteiger partial charge in [-0.3, -0.25) is 9.48 Å². The molecule has 0 aliphatic carbocycles. The van der Waals surface area contributed by atoms with Gasteiger partial charge in [0.2, 0.25) is 0 Å². The third kappa shape index (κ3) is 2.15. The predicted octanol–water partition coefficient (Wildman–Crippen LogP) is 0.132. The molecule has 1 saturated heterocycles. The van der Waals surface area contributed by atoms with Crippen LogP contribution in [0.3, 0.4) is 0 Å². The molecule has 1 aliphatic rings. The number of carbonyl (C=O) groups excluding carboxylic acids is 1. The van der Waals surface area contributed by atoms with Crippen LogP contribution >= 0.6 is 0 Å². The van der Waals surface area contributed by atoms with Crippen LogP contribution in [0.4, 0.5) is 0 Å². The third-order valence-corrected chi connectivity index (χ3v) is 2.98. The fraction of sp³-hybridized carbons (Fsp3) is 0.636. The highest BCUT2D eigenvalue weighted by molar-refractivity contribution is 5.90. The van der Waals surface area contributed by atoms with Crippen LogP contribution in [0.1, 0.15) is 18.9 Å². The number of nitrogens with two attached hydrogens (primary N) is 1. The summed E-state index contributed by atoms with van der Waals surface area (Å²) in [6, 6.07) is 0. The Bertz CT molecular complexity index is 380. The first kappa shape index (κ1) is 11.3. The fourth-order valence-corrected chi connectivity index (χ4v) is 1.83. The van der Waals surface area contributed by atoms with Crippen molar-refractivity contribution in [1.29, 1.82) is 0 Å². The molecule has 2 heterocycles. The second kappa shape index (κ2) is 4.35. The number of ketones is 1. The average Bonchev–Trinajstić information content (AvgIpc) is 2.88. The van der Waals surface area contributed by atoms with Crippen LogP contribution in [-0.2, 0) is 22.5 Å². The van der Waals surface area contributed by atoms with Crippen LogP contribution in [0.2, 0.25) is 0 Å². The van der Waals surface area contributed by atoms with Crippen molar-refractivity contribution in [2.75, 3.05) is 13.2 Å². The Balaban J connectivity index is 2.01. The van der Waals surface area contributed by atoms with Gasteiger partial charge in [-0.25, -0.2) is 0 Å². The molecule has 0 saturated carbocycles. The lowest BCUT2D eigenvalue weighted by Gasteiger charge is -2.19. The smallest absolute Gasteiger partial charge is 0.159 e. The van der Waals surface area contributed by atoms with Crippen molar-refractivity contribution in [2.24, 2.45) is 5.73 Å². The molecular weight excluding hydrogens is 206 g/mol. The van der Waals surface area contributed by atoms with Crippen molar-refractivity contribution in [3.05, 3.63) is 18.0 Å². The maximum atomic E-state index is 12.0. The van der Waals surface area contributed by atoms with Crippen molar-refractivity contribution in [3.8, 4) is 0 Å². The Morgan fingerprint density at radius 2 is 2.56 bits per heavy atom. The SMILES string of the molecule is CCn1cc(CC(=O)C2(N)CCOC2)cn1. The zero-order valence-electron chi connectivity index (χ0n) is 9.48. The zero-order chi connectivity index (χ0) is 11.6. The summed E-state index contributed by atoms with van der Waals surface area (Å²) < 4.78 is 6.98. The summed E-state index contributed by atoms with van der Waals surface area (Å²) in [5, 5.41) is 4.13. The number of carbonyl (C=O) groups is 1. The first-order valence-corrected chi connectivity index (χ1v) is 5.55. The van der Waals surface area contributed by atoms with Gasteiger partial charge >= 0.3 is 0 Å². The minimum Gasteiger partial charge on any atom is -0.379 e. The zero-order valence-corrected chi connectivity index (χ0v) is 9.48. The van der Waals surface area contributed by atoms with Crippen molar-refractivity contribution in [2.45, 2.75) is 31.8 Å². The maximum absolute atomic E-state index is 12.0. The highest BCUT2D eigenvalue weighted by Gasteiger charge is 2.37. The molecule has 0 spiro atoms. The number of ether oxygens (including phenoxy) is 1. The summed E-state index contributed by atoms with van der Waals surface area (Å²) in [6.45, 7) is 3.74. The molecular formula is C11H17N3O2. The van der Waals surface area contributed by atoms with Crippen LogP contribution in [0, 0.1) is 0 Å². The monoisotopic (exact) mass is 223 g/mol. The molecule has 2 N–H and O–H groups in total. The lowest BCUT2D eigenvalue weighted by atomic mass is 9.91. The molecule has 5 heteroatoms. The molecule has 1 aromatic rings. The summed E-state index contributed by atoms with van der Waals surface area (Å²) in [5.41, 5.74) is 6.12. The van der Waals surface area contributed by atoms with Crippen LogP contribution < -0.4 is 5.73 Å². The number of aryl methyl sites for hydroxylation is 1. The molecule has 0 aromatic carbocycles. The highest BCUT2D eigenvalue weighted by Crippen LogP contribution is 2.18. The van der Waals surface area contributed by atoms with E-state index in [1.165, 1.54) is 0 Å². The molecule has 16 heavy (non-hydrogen) atoms. The summed E-state index contributed by atoms with van der Waals surface area (Å²) in [4.78, 5) is 12.0.